The molecule has 0 spiro atoms. The number of hydrogen-bond acceptors (Lipinski definition) is 4. The number of nitrogens with zero attached hydrogens (tertiary/aromatic N) is 2. The van der Waals surface area contributed by atoms with Crippen LogP contribution >= 0.6 is 0 Å². The van der Waals surface area contributed by atoms with Gasteiger partial charge in [-0.2, -0.15) is 0 Å². The molecule has 4 heteroatoms. The zero-order valence-corrected chi connectivity index (χ0v) is 19.2. The van der Waals surface area contributed by atoms with E-state index in [1.54, 1.807) is 13.1 Å². The highest BCUT2D eigenvalue weighted by molar-refractivity contribution is 5.97. The van der Waals surface area contributed by atoms with Gasteiger partial charge in [0.15, 0.2) is 0 Å². The average Bonchev–Trinajstić information content (AvgIpc) is 2.79. The van der Waals surface area contributed by atoms with Gasteiger partial charge in [0.2, 0.25) is 5.95 Å². The quantitative estimate of drug-likeness (QED) is 0.299. The van der Waals surface area contributed by atoms with Crippen LogP contribution in [0.1, 0.15) is 27.7 Å². The second kappa shape index (κ2) is 10.5. The molecule has 0 radical (unpaired) electrons. The van der Waals surface area contributed by atoms with Gasteiger partial charge in [-0.05, 0) is 55.7 Å². The first-order valence-corrected chi connectivity index (χ1v) is 10.7. The summed E-state index contributed by atoms with van der Waals surface area (Å²) >= 11 is 0. The topological polar surface area (TPSA) is 61.7 Å². The monoisotopic (exact) mass is 422 g/mol. The molecule has 0 aliphatic rings. The summed E-state index contributed by atoms with van der Waals surface area (Å²) in [6, 6.07) is 16.4. The molecule has 0 aliphatic carbocycles. The minimum Gasteiger partial charge on any atom is -0.350 e. The third kappa shape index (κ3) is 5.88. The molecule has 32 heavy (non-hydrogen) atoms. The molecule has 0 bridgehead atoms. The number of fused-ring (bicyclic) bond motifs is 1. The van der Waals surface area contributed by atoms with Crippen LogP contribution in [0.4, 0.5) is 5.95 Å². The number of nitrogens with one attached hydrogen (secondary N) is 2. The predicted molar refractivity (Wildman–Crippen MR) is 137 cm³/mol. The summed E-state index contributed by atoms with van der Waals surface area (Å²) in [7, 11) is 0. The van der Waals surface area contributed by atoms with Crippen LogP contribution in [0.25, 0.3) is 22.0 Å². The Balaban J connectivity index is 1.81. The SMILES string of the molecule is C=C(C)\C(C)=C/C=C(C)/C=C(\CNc1nccc(-c2cccc3ccccc23)n1)C(C)=N. The summed E-state index contributed by atoms with van der Waals surface area (Å²) in [5.74, 6) is 0.544. The molecule has 0 saturated carbocycles. The van der Waals surface area contributed by atoms with Crippen LogP contribution in [-0.2, 0) is 0 Å². The maximum atomic E-state index is 8.16. The Morgan fingerprint density at radius 3 is 2.50 bits per heavy atom. The summed E-state index contributed by atoms with van der Waals surface area (Å²) in [4.78, 5) is 9.11. The van der Waals surface area contributed by atoms with E-state index >= 15 is 0 Å². The maximum Gasteiger partial charge on any atom is 0.223 e. The Bertz CT molecular complexity index is 1240. The van der Waals surface area contributed by atoms with E-state index in [0.717, 1.165) is 38.9 Å². The van der Waals surface area contributed by atoms with Gasteiger partial charge >= 0.3 is 0 Å². The highest BCUT2D eigenvalue weighted by atomic mass is 15.1. The van der Waals surface area contributed by atoms with Crippen LogP contribution in [0.2, 0.25) is 0 Å². The molecular formula is C28H30N4. The molecule has 0 aliphatic heterocycles. The van der Waals surface area contributed by atoms with Gasteiger partial charge < -0.3 is 10.7 Å². The van der Waals surface area contributed by atoms with Gasteiger partial charge in [-0.25, -0.2) is 9.97 Å². The number of allylic oxidation sites excluding steroid dienone is 6. The minimum atomic E-state index is 0.475. The van der Waals surface area contributed by atoms with E-state index in [-0.39, 0.29) is 0 Å². The zero-order chi connectivity index (χ0) is 23.1. The van der Waals surface area contributed by atoms with Crippen LogP contribution < -0.4 is 5.32 Å². The first kappa shape index (κ1) is 22.9. The summed E-state index contributed by atoms with van der Waals surface area (Å²) in [6.07, 6.45) is 7.88. The molecule has 2 N–H and O–H groups in total. The number of hydrogen-bond donors (Lipinski definition) is 2. The minimum absolute atomic E-state index is 0.475. The highest BCUT2D eigenvalue weighted by Crippen LogP contribution is 2.27. The normalized spacial score (nSPS) is 12.7. The molecule has 1 aromatic heterocycles. The van der Waals surface area contributed by atoms with Crippen molar-refractivity contribution in [3.63, 3.8) is 0 Å². The number of benzene rings is 2. The third-order valence-corrected chi connectivity index (χ3v) is 5.31. The molecule has 0 atom stereocenters. The van der Waals surface area contributed by atoms with Crippen molar-refractivity contribution in [3.05, 3.63) is 102 Å². The predicted octanol–water partition coefficient (Wildman–Crippen LogP) is 7.14. The summed E-state index contributed by atoms with van der Waals surface area (Å²) in [6.45, 7) is 12.3. The molecule has 0 amide bonds. The van der Waals surface area contributed by atoms with Gasteiger partial charge in [0, 0.05) is 24.0 Å². The molecular weight excluding hydrogens is 392 g/mol. The van der Waals surface area contributed by atoms with Crippen LogP contribution in [0.5, 0.6) is 0 Å². The van der Waals surface area contributed by atoms with E-state index < -0.39 is 0 Å². The Hall–Kier alpha value is -3.79. The van der Waals surface area contributed by atoms with E-state index in [0.29, 0.717) is 18.2 Å². The van der Waals surface area contributed by atoms with Gasteiger partial charge in [0.25, 0.3) is 0 Å². The smallest absolute Gasteiger partial charge is 0.223 e. The van der Waals surface area contributed by atoms with Crippen molar-refractivity contribution < 1.29 is 0 Å². The van der Waals surface area contributed by atoms with Gasteiger partial charge in [-0.15, -0.1) is 0 Å². The Labute approximate surface area is 190 Å². The van der Waals surface area contributed by atoms with Crippen molar-refractivity contribution in [2.75, 3.05) is 11.9 Å². The number of rotatable bonds is 8. The molecule has 2 aromatic carbocycles. The fourth-order valence-corrected chi connectivity index (χ4v) is 3.23. The van der Waals surface area contributed by atoms with Gasteiger partial charge in [0.1, 0.15) is 0 Å². The average molecular weight is 423 g/mol. The molecule has 0 fully saturated rings. The van der Waals surface area contributed by atoms with E-state index in [2.05, 4.69) is 47.2 Å². The number of anilines is 1. The van der Waals surface area contributed by atoms with Crippen molar-refractivity contribution >= 4 is 22.4 Å². The lowest BCUT2D eigenvalue weighted by molar-refractivity contribution is 1.11. The van der Waals surface area contributed by atoms with Gasteiger partial charge in [0.05, 0.1) is 5.69 Å². The molecule has 162 valence electrons. The molecule has 3 rings (SSSR count). The second-order valence-corrected chi connectivity index (χ2v) is 7.98. The van der Waals surface area contributed by atoms with E-state index in [4.69, 9.17) is 10.4 Å². The first-order valence-electron chi connectivity index (χ1n) is 10.7. The van der Waals surface area contributed by atoms with Crippen LogP contribution in [0, 0.1) is 5.41 Å². The fraction of sp³-hybridized carbons (Fsp3) is 0.179. The Kier molecular flexibility index (Phi) is 7.50. The van der Waals surface area contributed by atoms with Crippen molar-refractivity contribution in [2.45, 2.75) is 27.7 Å². The third-order valence-electron chi connectivity index (χ3n) is 5.31. The lowest BCUT2D eigenvalue weighted by atomic mass is 10.0. The van der Waals surface area contributed by atoms with Crippen LogP contribution in [0.15, 0.2) is 102 Å². The van der Waals surface area contributed by atoms with E-state index in [1.165, 1.54) is 5.39 Å². The van der Waals surface area contributed by atoms with Crippen LogP contribution in [0.3, 0.4) is 0 Å². The maximum absolute atomic E-state index is 8.16. The van der Waals surface area contributed by atoms with Crippen molar-refractivity contribution in [3.8, 4) is 11.3 Å². The Morgan fingerprint density at radius 2 is 1.75 bits per heavy atom. The fourth-order valence-electron chi connectivity index (χ4n) is 3.23. The lowest BCUT2D eigenvalue weighted by Gasteiger charge is -2.11. The summed E-state index contributed by atoms with van der Waals surface area (Å²) in [5, 5.41) is 13.8. The largest absolute Gasteiger partial charge is 0.350 e. The molecule has 3 aromatic rings. The van der Waals surface area contributed by atoms with Gasteiger partial charge in [-0.3, -0.25) is 0 Å². The first-order chi connectivity index (χ1) is 15.3. The number of aromatic nitrogens is 2. The highest BCUT2D eigenvalue weighted by Gasteiger charge is 2.07. The summed E-state index contributed by atoms with van der Waals surface area (Å²) in [5.41, 5.74) is 6.60. The van der Waals surface area contributed by atoms with Crippen molar-refractivity contribution in [1.29, 1.82) is 5.41 Å². The molecule has 0 unspecified atom stereocenters. The lowest BCUT2D eigenvalue weighted by Crippen LogP contribution is -2.12. The van der Waals surface area contributed by atoms with E-state index in [9.17, 15) is 0 Å². The van der Waals surface area contributed by atoms with Crippen molar-refractivity contribution in [1.82, 2.24) is 9.97 Å². The van der Waals surface area contributed by atoms with Crippen molar-refractivity contribution in [2.24, 2.45) is 0 Å². The van der Waals surface area contributed by atoms with E-state index in [1.807, 2.05) is 57.2 Å². The standard InChI is InChI=1S/C28H30N4/c1-19(2)21(4)14-13-20(3)17-24(22(5)29)18-31-28-30-16-15-27(32-28)26-12-8-10-23-9-6-7-11-25(23)26/h6-17,29H,1,18H2,2-5H3,(H,30,31,32)/b20-13+,21-14-,24-17+,29-22?. The van der Waals surface area contributed by atoms with Gasteiger partial charge in [-0.1, -0.05) is 78.4 Å². The summed E-state index contributed by atoms with van der Waals surface area (Å²) < 4.78 is 0. The zero-order valence-electron chi connectivity index (χ0n) is 19.2. The second-order valence-electron chi connectivity index (χ2n) is 7.98. The molecule has 0 saturated heterocycles. The molecule has 4 nitrogen and oxygen atoms in total. The van der Waals surface area contributed by atoms with Crippen LogP contribution in [-0.4, -0.2) is 22.2 Å². The Morgan fingerprint density at radius 1 is 1.00 bits per heavy atom. The molecule has 1 heterocycles.